The lowest BCUT2D eigenvalue weighted by Gasteiger charge is -2.26. The molecule has 1 unspecified atom stereocenters. The van der Waals surface area contributed by atoms with E-state index in [1.807, 2.05) is 37.3 Å². The summed E-state index contributed by atoms with van der Waals surface area (Å²) in [6.45, 7) is 1.99. The van der Waals surface area contributed by atoms with Crippen LogP contribution < -0.4 is 5.73 Å². The van der Waals surface area contributed by atoms with E-state index in [0.29, 0.717) is 16.5 Å². The Balaban J connectivity index is 2.30. The Hall–Kier alpha value is -0.540. The van der Waals surface area contributed by atoms with Gasteiger partial charge in [0.1, 0.15) is 0 Å². The van der Waals surface area contributed by atoms with Crippen molar-refractivity contribution in [1.29, 1.82) is 0 Å². The van der Waals surface area contributed by atoms with E-state index in [4.69, 9.17) is 28.9 Å². The quantitative estimate of drug-likeness (QED) is 0.804. The molecule has 0 aliphatic carbocycles. The first-order chi connectivity index (χ1) is 8.88. The first-order valence-electron chi connectivity index (χ1n) is 5.87. The van der Waals surface area contributed by atoms with Gasteiger partial charge in [-0.25, -0.2) is 0 Å². The Bertz CT molecular complexity index is 579. The van der Waals surface area contributed by atoms with Crippen molar-refractivity contribution in [2.45, 2.75) is 18.9 Å². The van der Waals surface area contributed by atoms with Crippen molar-refractivity contribution in [3.63, 3.8) is 0 Å². The maximum absolute atomic E-state index is 6.42. The molecule has 2 rings (SSSR count). The van der Waals surface area contributed by atoms with Crippen LogP contribution in [-0.4, -0.2) is 0 Å². The average molecular weight is 359 g/mol. The fourth-order valence-corrected chi connectivity index (χ4v) is 2.65. The predicted octanol–water partition coefficient (Wildman–Crippen LogP) is 5.17. The molecule has 2 aromatic carbocycles. The van der Waals surface area contributed by atoms with Crippen molar-refractivity contribution < 1.29 is 0 Å². The summed E-state index contributed by atoms with van der Waals surface area (Å²) < 4.78 is 1.04. The molecule has 0 bridgehead atoms. The van der Waals surface area contributed by atoms with Gasteiger partial charge in [0.05, 0.1) is 0 Å². The Labute approximate surface area is 131 Å². The van der Waals surface area contributed by atoms with Crippen LogP contribution in [0.3, 0.4) is 0 Å². The van der Waals surface area contributed by atoms with Crippen LogP contribution in [0.1, 0.15) is 18.1 Å². The summed E-state index contributed by atoms with van der Waals surface area (Å²) in [5, 5.41) is 1.36. The molecule has 0 radical (unpaired) electrons. The van der Waals surface area contributed by atoms with Gasteiger partial charge < -0.3 is 5.73 Å². The first kappa shape index (κ1) is 14.9. The van der Waals surface area contributed by atoms with Gasteiger partial charge in [0.15, 0.2) is 0 Å². The standard InChI is InChI=1S/C15H14BrCl2N/c1-15(19,11-2-4-12(16)5-3-11)9-10-8-13(17)6-7-14(10)18/h2-8H,9,19H2,1H3. The van der Waals surface area contributed by atoms with E-state index >= 15 is 0 Å². The minimum Gasteiger partial charge on any atom is -0.321 e. The van der Waals surface area contributed by atoms with Crippen LogP contribution in [0.25, 0.3) is 0 Å². The summed E-state index contributed by atoms with van der Waals surface area (Å²) in [4.78, 5) is 0. The van der Waals surface area contributed by atoms with Gasteiger partial charge in [-0.1, -0.05) is 51.3 Å². The molecule has 0 aliphatic rings. The van der Waals surface area contributed by atoms with Crippen LogP contribution >= 0.6 is 39.1 Å². The second-order valence-electron chi connectivity index (χ2n) is 4.84. The zero-order valence-electron chi connectivity index (χ0n) is 10.5. The molecular formula is C15H14BrCl2N. The van der Waals surface area contributed by atoms with Crippen molar-refractivity contribution in [2.24, 2.45) is 5.73 Å². The van der Waals surface area contributed by atoms with Crippen molar-refractivity contribution in [3.8, 4) is 0 Å². The monoisotopic (exact) mass is 357 g/mol. The number of nitrogens with two attached hydrogens (primary N) is 1. The van der Waals surface area contributed by atoms with E-state index in [-0.39, 0.29) is 0 Å². The normalized spacial score (nSPS) is 14.2. The van der Waals surface area contributed by atoms with E-state index in [1.165, 1.54) is 0 Å². The van der Waals surface area contributed by atoms with Crippen LogP contribution in [0.5, 0.6) is 0 Å². The third-order valence-electron chi connectivity index (χ3n) is 3.07. The smallest absolute Gasteiger partial charge is 0.0439 e. The zero-order valence-corrected chi connectivity index (χ0v) is 13.6. The molecule has 2 N–H and O–H groups in total. The van der Waals surface area contributed by atoms with Crippen molar-refractivity contribution >= 4 is 39.1 Å². The highest BCUT2D eigenvalue weighted by molar-refractivity contribution is 9.10. The molecule has 0 heterocycles. The topological polar surface area (TPSA) is 26.0 Å². The number of hydrogen-bond donors (Lipinski definition) is 1. The fourth-order valence-electron chi connectivity index (χ4n) is 2.01. The van der Waals surface area contributed by atoms with Crippen LogP contribution in [0.2, 0.25) is 10.0 Å². The summed E-state index contributed by atoms with van der Waals surface area (Å²) in [6.07, 6.45) is 0.633. The lowest BCUT2D eigenvalue weighted by molar-refractivity contribution is 0.491. The maximum atomic E-state index is 6.42. The molecule has 2 aromatic rings. The lowest BCUT2D eigenvalue weighted by atomic mass is 9.86. The van der Waals surface area contributed by atoms with E-state index in [1.54, 1.807) is 12.1 Å². The lowest BCUT2D eigenvalue weighted by Crippen LogP contribution is -2.35. The minimum atomic E-state index is -0.491. The highest BCUT2D eigenvalue weighted by Gasteiger charge is 2.22. The highest BCUT2D eigenvalue weighted by atomic mass is 79.9. The van der Waals surface area contributed by atoms with Crippen molar-refractivity contribution in [2.75, 3.05) is 0 Å². The molecule has 0 saturated carbocycles. The van der Waals surface area contributed by atoms with Crippen molar-refractivity contribution in [3.05, 3.63) is 68.1 Å². The van der Waals surface area contributed by atoms with Crippen LogP contribution in [0.15, 0.2) is 46.9 Å². The Kier molecular flexibility index (Phi) is 4.57. The fraction of sp³-hybridized carbons (Fsp3) is 0.200. The van der Waals surface area contributed by atoms with Crippen molar-refractivity contribution in [1.82, 2.24) is 0 Å². The van der Waals surface area contributed by atoms with Gasteiger partial charge in [-0.15, -0.1) is 0 Å². The van der Waals surface area contributed by atoms with E-state index in [9.17, 15) is 0 Å². The highest BCUT2D eigenvalue weighted by Crippen LogP contribution is 2.29. The van der Waals surface area contributed by atoms with Gasteiger partial charge >= 0.3 is 0 Å². The first-order valence-corrected chi connectivity index (χ1v) is 7.42. The molecule has 19 heavy (non-hydrogen) atoms. The predicted molar refractivity (Wildman–Crippen MR) is 85.8 cm³/mol. The molecule has 0 spiro atoms. The summed E-state index contributed by atoms with van der Waals surface area (Å²) in [5.74, 6) is 0. The SMILES string of the molecule is CC(N)(Cc1cc(Cl)ccc1Cl)c1ccc(Br)cc1. The van der Waals surface area contributed by atoms with Gasteiger partial charge in [0.25, 0.3) is 0 Å². The summed E-state index contributed by atoms with van der Waals surface area (Å²) in [6, 6.07) is 13.5. The summed E-state index contributed by atoms with van der Waals surface area (Å²) >= 11 is 15.6. The summed E-state index contributed by atoms with van der Waals surface area (Å²) in [5.41, 5.74) is 7.95. The van der Waals surface area contributed by atoms with Crippen LogP contribution in [0, 0.1) is 0 Å². The van der Waals surface area contributed by atoms with Crippen LogP contribution in [-0.2, 0) is 12.0 Å². The molecule has 1 atom stereocenters. The van der Waals surface area contributed by atoms with Crippen LogP contribution in [0.4, 0.5) is 0 Å². The maximum Gasteiger partial charge on any atom is 0.0439 e. The number of halogens is 3. The van der Waals surface area contributed by atoms with E-state index in [0.717, 1.165) is 15.6 Å². The third-order valence-corrected chi connectivity index (χ3v) is 4.20. The van der Waals surface area contributed by atoms with Gasteiger partial charge in [0, 0.05) is 20.1 Å². The van der Waals surface area contributed by atoms with Gasteiger partial charge in [-0.3, -0.25) is 0 Å². The zero-order chi connectivity index (χ0) is 14.0. The Morgan fingerprint density at radius 2 is 1.74 bits per heavy atom. The number of rotatable bonds is 3. The average Bonchev–Trinajstić information content (AvgIpc) is 2.34. The minimum absolute atomic E-state index is 0.491. The third kappa shape index (κ3) is 3.73. The summed E-state index contributed by atoms with van der Waals surface area (Å²) in [7, 11) is 0. The van der Waals surface area contributed by atoms with Gasteiger partial charge in [-0.2, -0.15) is 0 Å². The molecule has 0 aliphatic heterocycles. The molecule has 0 aromatic heterocycles. The largest absolute Gasteiger partial charge is 0.321 e. The second kappa shape index (κ2) is 5.84. The molecule has 0 fully saturated rings. The van der Waals surface area contributed by atoms with Gasteiger partial charge in [-0.05, 0) is 54.8 Å². The number of hydrogen-bond acceptors (Lipinski definition) is 1. The molecule has 4 heteroatoms. The van der Waals surface area contributed by atoms with E-state index < -0.39 is 5.54 Å². The molecular weight excluding hydrogens is 345 g/mol. The molecule has 100 valence electrons. The molecule has 0 amide bonds. The second-order valence-corrected chi connectivity index (χ2v) is 6.60. The Morgan fingerprint density at radius 3 is 2.37 bits per heavy atom. The Morgan fingerprint density at radius 1 is 1.11 bits per heavy atom. The number of benzene rings is 2. The molecule has 0 saturated heterocycles. The van der Waals surface area contributed by atoms with Gasteiger partial charge in [0.2, 0.25) is 0 Å². The molecule has 1 nitrogen and oxygen atoms in total. The van der Waals surface area contributed by atoms with E-state index in [2.05, 4.69) is 15.9 Å².